The fourth-order valence-corrected chi connectivity index (χ4v) is 7.74. The molecule has 1 atom stereocenters. The Hall–Kier alpha value is -2.95. The van der Waals surface area contributed by atoms with E-state index < -0.39 is 0 Å². The summed E-state index contributed by atoms with van der Waals surface area (Å²) in [5.41, 5.74) is 3.27. The number of fused-ring (bicyclic) bond motifs is 1. The SMILES string of the molecule is CCOc1ccc([C@@H](CNC(=O)C23CC4CC(CC(C4)C2)C3)c2c[nH]c3ccccc23)cc1OC. The van der Waals surface area contributed by atoms with Crippen LogP contribution < -0.4 is 14.8 Å². The van der Waals surface area contributed by atoms with Gasteiger partial charge in [0.25, 0.3) is 0 Å². The Morgan fingerprint density at radius 3 is 2.46 bits per heavy atom. The molecule has 1 aromatic heterocycles. The number of hydrogen-bond donors (Lipinski definition) is 2. The quantitative estimate of drug-likeness (QED) is 0.420. The van der Waals surface area contributed by atoms with Crippen molar-refractivity contribution in [1.82, 2.24) is 10.3 Å². The molecule has 5 nitrogen and oxygen atoms in total. The molecule has 184 valence electrons. The number of aromatic nitrogens is 1. The van der Waals surface area contributed by atoms with Gasteiger partial charge in [-0.15, -0.1) is 0 Å². The van der Waals surface area contributed by atoms with Gasteiger partial charge in [-0.25, -0.2) is 0 Å². The number of H-pyrrole nitrogens is 1. The molecule has 5 heteroatoms. The topological polar surface area (TPSA) is 63.3 Å². The van der Waals surface area contributed by atoms with Crippen LogP contribution in [0.3, 0.4) is 0 Å². The zero-order valence-corrected chi connectivity index (χ0v) is 20.8. The first-order valence-electron chi connectivity index (χ1n) is 13.2. The highest BCUT2D eigenvalue weighted by Crippen LogP contribution is 2.60. The van der Waals surface area contributed by atoms with Gasteiger partial charge in [-0.05, 0) is 92.5 Å². The predicted octanol–water partition coefficient (Wildman–Crippen LogP) is 6.04. The van der Waals surface area contributed by atoms with Crippen molar-refractivity contribution in [3.8, 4) is 11.5 Å². The first-order chi connectivity index (χ1) is 17.1. The number of benzene rings is 2. The summed E-state index contributed by atoms with van der Waals surface area (Å²) in [5.74, 6) is 4.02. The minimum Gasteiger partial charge on any atom is -0.493 e. The van der Waals surface area contributed by atoms with E-state index in [1.807, 2.05) is 19.1 Å². The van der Waals surface area contributed by atoms with Crippen LogP contribution in [0.4, 0.5) is 0 Å². The highest BCUT2D eigenvalue weighted by Gasteiger charge is 2.54. The van der Waals surface area contributed by atoms with Crippen molar-refractivity contribution < 1.29 is 14.3 Å². The standard InChI is InChI=1S/C30H36N2O3/c1-3-35-27-9-8-22(13-28(27)34-2)24(25-18-31-26-7-5-4-6-23(25)26)17-32-29(33)30-14-19-10-20(15-30)12-21(11-19)16-30/h4-9,13,18-21,24,31H,3,10-12,14-17H2,1-2H3,(H,32,33)/t19?,20?,21?,24-,30?/m1/s1. The van der Waals surface area contributed by atoms with Crippen molar-refractivity contribution in [2.75, 3.05) is 20.3 Å². The average molecular weight is 473 g/mol. The number of carbonyl (C=O) groups excluding carboxylic acids is 1. The molecule has 2 aromatic carbocycles. The molecule has 0 radical (unpaired) electrons. The van der Waals surface area contributed by atoms with Crippen molar-refractivity contribution >= 4 is 16.8 Å². The van der Waals surface area contributed by atoms with E-state index in [4.69, 9.17) is 9.47 Å². The molecule has 0 aliphatic heterocycles. The number of methoxy groups -OCH3 is 1. The normalized spacial score (nSPS) is 27.7. The van der Waals surface area contributed by atoms with E-state index in [0.717, 1.165) is 59.6 Å². The molecule has 2 N–H and O–H groups in total. The lowest BCUT2D eigenvalue weighted by molar-refractivity contribution is -0.146. The highest BCUT2D eigenvalue weighted by atomic mass is 16.5. The predicted molar refractivity (Wildman–Crippen MR) is 138 cm³/mol. The lowest BCUT2D eigenvalue weighted by Crippen LogP contribution is -2.54. The summed E-state index contributed by atoms with van der Waals surface area (Å²) in [7, 11) is 1.68. The third-order valence-electron chi connectivity index (χ3n) is 8.87. The summed E-state index contributed by atoms with van der Waals surface area (Å²) >= 11 is 0. The van der Waals surface area contributed by atoms with Gasteiger partial charge in [0, 0.05) is 35.0 Å². The summed E-state index contributed by atoms with van der Waals surface area (Å²) in [6, 6.07) is 14.5. The average Bonchev–Trinajstić information content (AvgIpc) is 3.28. The maximum Gasteiger partial charge on any atom is 0.226 e. The lowest BCUT2D eigenvalue weighted by atomic mass is 9.49. The number of carbonyl (C=O) groups is 1. The lowest BCUT2D eigenvalue weighted by Gasteiger charge is -2.55. The molecular weight excluding hydrogens is 436 g/mol. The van der Waals surface area contributed by atoms with Gasteiger partial charge in [-0.2, -0.15) is 0 Å². The summed E-state index contributed by atoms with van der Waals surface area (Å²) in [4.78, 5) is 17.2. The van der Waals surface area contributed by atoms with E-state index in [-0.39, 0.29) is 17.2 Å². The molecule has 35 heavy (non-hydrogen) atoms. The molecule has 4 fully saturated rings. The maximum absolute atomic E-state index is 13.8. The van der Waals surface area contributed by atoms with Gasteiger partial charge < -0.3 is 19.8 Å². The summed E-state index contributed by atoms with van der Waals surface area (Å²) < 4.78 is 11.4. The van der Waals surface area contributed by atoms with Crippen molar-refractivity contribution in [2.24, 2.45) is 23.2 Å². The van der Waals surface area contributed by atoms with Gasteiger partial charge in [0.2, 0.25) is 5.91 Å². The van der Waals surface area contributed by atoms with Crippen molar-refractivity contribution in [3.05, 3.63) is 59.8 Å². The van der Waals surface area contributed by atoms with Crippen LogP contribution in [0.25, 0.3) is 10.9 Å². The zero-order valence-electron chi connectivity index (χ0n) is 20.8. The fourth-order valence-electron chi connectivity index (χ4n) is 7.74. The van der Waals surface area contributed by atoms with E-state index in [1.54, 1.807) is 7.11 Å². The molecule has 0 spiro atoms. The molecular formula is C30H36N2O3. The summed E-state index contributed by atoms with van der Waals surface area (Å²) in [6.45, 7) is 3.13. The van der Waals surface area contributed by atoms with Crippen LogP contribution in [0.2, 0.25) is 0 Å². The number of aromatic amines is 1. The Labute approximate surface area is 207 Å². The Bertz CT molecular complexity index is 1190. The van der Waals surface area contributed by atoms with Crippen molar-refractivity contribution in [1.29, 1.82) is 0 Å². The second-order valence-corrected chi connectivity index (χ2v) is 11.1. The molecule has 7 rings (SSSR count). The van der Waals surface area contributed by atoms with Crippen LogP contribution in [0, 0.1) is 23.2 Å². The van der Waals surface area contributed by atoms with Crippen LogP contribution in [0.5, 0.6) is 11.5 Å². The highest BCUT2D eigenvalue weighted by molar-refractivity contribution is 5.85. The number of hydrogen-bond acceptors (Lipinski definition) is 3. The number of rotatable bonds is 8. The van der Waals surface area contributed by atoms with E-state index in [1.165, 1.54) is 30.2 Å². The fraction of sp³-hybridized carbons (Fsp3) is 0.500. The van der Waals surface area contributed by atoms with E-state index in [9.17, 15) is 4.79 Å². The van der Waals surface area contributed by atoms with E-state index in [0.29, 0.717) is 13.2 Å². The van der Waals surface area contributed by atoms with Gasteiger partial charge in [-0.3, -0.25) is 4.79 Å². The molecule has 4 saturated carbocycles. The Balaban J connectivity index is 1.31. The number of amides is 1. The molecule has 4 aliphatic rings. The Morgan fingerprint density at radius 1 is 1.06 bits per heavy atom. The second-order valence-electron chi connectivity index (χ2n) is 11.1. The Morgan fingerprint density at radius 2 is 1.77 bits per heavy atom. The van der Waals surface area contributed by atoms with Gasteiger partial charge in [0.15, 0.2) is 11.5 Å². The largest absolute Gasteiger partial charge is 0.493 e. The van der Waals surface area contributed by atoms with Crippen LogP contribution in [-0.2, 0) is 4.79 Å². The smallest absolute Gasteiger partial charge is 0.226 e. The van der Waals surface area contributed by atoms with Crippen molar-refractivity contribution in [2.45, 2.75) is 51.4 Å². The van der Waals surface area contributed by atoms with Crippen LogP contribution >= 0.6 is 0 Å². The van der Waals surface area contributed by atoms with Gasteiger partial charge in [0.1, 0.15) is 0 Å². The number of nitrogens with one attached hydrogen (secondary N) is 2. The molecule has 4 aliphatic carbocycles. The number of ether oxygens (including phenoxy) is 2. The van der Waals surface area contributed by atoms with Gasteiger partial charge in [0.05, 0.1) is 13.7 Å². The first-order valence-corrected chi connectivity index (χ1v) is 13.2. The molecule has 0 saturated heterocycles. The minimum atomic E-state index is -0.143. The monoisotopic (exact) mass is 472 g/mol. The second kappa shape index (κ2) is 8.92. The van der Waals surface area contributed by atoms with Gasteiger partial charge >= 0.3 is 0 Å². The van der Waals surface area contributed by atoms with Gasteiger partial charge in [-0.1, -0.05) is 24.3 Å². The van der Waals surface area contributed by atoms with Crippen LogP contribution in [-0.4, -0.2) is 31.2 Å². The summed E-state index contributed by atoms with van der Waals surface area (Å²) in [6.07, 6.45) is 9.37. The van der Waals surface area contributed by atoms with Crippen molar-refractivity contribution in [3.63, 3.8) is 0 Å². The summed E-state index contributed by atoms with van der Waals surface area (Å²) in [5, 5.41) is 4.63. The molecule has 3 aromatic rings. The zero-order chi connectivity index (χ0) is 24.0. The minimum absolute atomic E-state index is 0.00795. The molecule has 1 amide bonds. The van der Waals surface area contributed by atoms with Crippen LogP contribution in [0.1, 0.15) is 62.5 Å². The molecule has 1 heterocycles. The number of para-hydroxylation sites is 1. The third kappa shape index (κ3) is 3.99. The van der Waals surface area contributed by atoms with E-state index in [2.05, 4.69) is 46.8 Å². The van der Waals surface area contributed by atoms with Crippen LogP contribution in [0.15, 0.2) is 48.7 Å². The first kappa shape index (κ1) is 22.5. The maximum atomic E-state index is 13.8. The molecule has 4 bridgehead atoms. The molecule has 0 unspecified atom stereocenters. The third-order valence-corrected chi connectivity index (χ3v) is 8.87. The van der Waals surface area contributed by atoms with E-state index >= 15 is 0 Å². The Kier molecular flexibility index (Phi) is 5.74.